The number of aromatic nitrogens is 4. The van der Waals surface area contributed by atoms with E-state index in [9.17, 15) is 0 Å². The standard InChI is InChI=1S/C28H33N5O3/c1-32-18-20(16-30-32)27-17-29-25-9-8-21(14-26(25)31-27)33(19-28(36-4)10-6-5-7-11-28)22-12-23(34-2)15-24(13-22)35-3/h8-9,12-18H,5-7,10-11,19H2,1-4H3. The minimum absolute atomic E-state index is 0.229. The van der Waals surface area contributed by atoms with Gasteiger partial charge >= 0.3 is 0 Å². The van der Waals surface area contributed by atoms with Crippen LogP contribution in [0.3, 0.4) is 0 Å². The van der Waals surface area contributed by atoms with E-state index in [0.717, 1.165) is 58.0 Å². The highest BCUT2D eigenvalue weighted by Gasteiger charge is 2.35. The first kappa shape index (κ1) is 24.1. The molecule has 2 aromatic heterocycles. The van der Waals surface area contributed by atoms with Gasteiger partial charge in [0, 0.05) is 55.5 Å². The largest absolute Gasteiger partial charge is 0.497 e. The summed E-state index contributed by atoms with van der Waals surface area (Å²) in [6.07, 6.45) is 11.2. The number of ether oxygens (including phenoxy) is 3. The van der Waals surface area contributed by atoms with Crippen molar-refractivity contribution < 1.29 is 14.2 Å². The van der Waals surface area contributed by atoms with E-state index in [1.807, 2.05) is 44.6 Å². The number of aryl methyl sites for hydroxylation is 1. The van der Waals surface area contributed by atoms with Crippen LogP contribution < -0.4 is 14.4 Å². The van der Waals surface area contributed by atoms with E-state index in [0.29, 0.717) is 6.54 Å². The van der Waals surface area contributed by atoms with Gasteiger partial charge < -0.3 is 19.1 Å². The Morgan fingerprint density at radius 3 is 2.28 bits per heavy atom. The van der Waals surface area contributed by atoms with Gasteiger partial charge in [-0.2, -0.15) is 5.10 Å². The van der Waals surface area contributed by atoms with Crippen molar-refractivity contribution in [2.45, 2.75) is 37.7 Å². The third-order valence-electron chi connectivity index (χ3n) is 7.13. The lowest BCUT2D eigenvalue weighted by Crippen LogP contribution is -2.44. The molecule has 1 aliphatic carbocycles. The Balaban J connectivity index is 1.61. The second-order valence-electron chi connectivity index (χ2n) is 9.44. The molecule has 8 nitrogen and oxygen atoms in total. The Hall–Kier alpha value is -3.65. The van der Waals surface area contributed by atoms with Gasteiger partial charge in [-0.25, -0.2) is 4.98 Å². The molecule has 0 amide bonds. The van der Waals surface area contributed by atoms with Gasteiger partial charge in [0.2, 0.25) is 0 Å². The van der Waals surface area contributed by atoms with Crippen LogP contribution in [0, 0.1) is 0 Å². The molecule has 188 valence electrons. The van der Waals surface area contributed by atoms with E-state index in [4.69, 9.17) is 19.2 Å². The maximum Gasteiger partial charge on any atom is 0.124 e. The van der Waals surface area contributed by atoms with E-state index in [-0.39, 0.29) is 5.60 Å². The maximum absolute atomic E-state index is 6.19. The van der Waals surface area contributed by atoms with Crippen molar-refractivity contribution in [2.75, 3.05) is 32.8 Å². The van der Waals surface area contributed by atoms with Gasteiger partial charge in [-0.1, -0.05) is 19.3 Å². The monoisotopic (exact) mass is 487 g/mol. The van der Waals surface area contributed by atoms with Gasteiger partial charge in [0.1, 0.15) is 11.5 Å². The van der Waals surface area contributed by atoms with Crippen LogP contribution in [0.2, 0.25) is 0 Å². The lowest BCUT2D eigenvalue weighted by atomic mass is 9.84. The predicted molar refractivity (Wildman–Crippen MR) is 141 cm³/mol. The zero-order valence-corrected chi connectivity index (χ0v) is 21.4. The third-order valence-corrected chi connectivity index (χ3v) is 7.13. The Bertz CT molecular complexity index is 1320. The summed E-state index contributed by atoms with van der Waals surface area (Å²) in [5.41, 5.74) is 5.15. The predicted octanol–water partition coefficient (Wildman–Crippen LogP) is 5.53. The van der Waals surface area contributed by atoms with Crippen molar-refractivity contribution in [3.63, 3.8) is 0 Å². The molecule has 1 aliphatic rings. The second kappa shape index (κ2) is 10.1. The van der Waals surface area contributed by atoms with Crippen molar-refractivity contribution in [3.8, 4) is 22.8 Å². The smallest absolute Gasteiger partial charge is 0.124 e. The minimum atomic E-state index is -0.229. The lowest BCUT2D eigenvalue weighted by molar-refractivity contribution is -0.0311. The quantitative estimate of drug-likeness (QED) is 0.323. The number of methoxy groups -OCH3 is 3. The normalized spacial score (nSPS) is 15.1. The fourth-order valence-electron chi connectivity index (χ4n) is 5.05. The van der Waals surface area contributed by atoms with Crippen LogP contribution in [0.1, 0.15) is 32.1 Å². The van der Waals surface area contributed by atoms with E-state index in [1.54, 1.807) is 31.3 Å². The Morgan fingerprint density at radius 2 is 1.64 bits per heavy atom. The molecule has 0 radical (unpaired) electrons. The molecule has 0 bridgehead atoms. The molecule has 0 saturated heterocycles. The number of benzene rings is 2. The second-order valence-corrected chi connectivity index (χ2v) is 9.44. The van der Waals surface area contributed by atoms with E-state index >= 15 is 0 Å². The van der Waals surface area contributed by atoms with Crippen LogP contribution in [0.4, 0.5) is 11.4 Å². The molecule has 1 fully saturated rings. The molecule has 8 heteroatoms. The number of hydrogen-bond donors (Lipinski definition) is 0. The summed E-state index contributed by atoms with van der Waals surface area (Å²) in [7, 11) is 7.08. The van der Waals surface area contributed by atoms with E-state index in [2.05, 4.69) is 27.1 Å². The third kappa shape index (κ3) is 4.86. The van der Waals surface area contributed by atoms with Gasteiger partial charge in [-0.3, -0.25) is 9.67 Å². The number of fused-ring (bicyclic) bond motifs is 1. The summed E-state index contributed by atoms with van der Waals surface area (Å²) < 4.78 is 19.1. The van der Waals surface area contributed by atoms with Crippen LogP contribution in [0.25, 0.3) is 22.3 Å². The molecule has 4 aromatic rings. The molecule has 2 aromatic carbocycles. The molecule has 0 unspecified atom stereocenters. The number of hydrogen-bond acceptors (Lipinski definition) is 7. The van der Waals surface area contributed by atoms with Gasteiger partial charge in [0.15, 0.2) is 0 Å². The molecule has 36 heavy (non-hydrogen) atoms. The Labute approximate surface area is 211 Å². The highest BCUT2D eigenvalue weighted by atomic mass is 16.5. The first-order chi connectivity index (χ1) is 17.5. The van der Waals surface area contributed by atoms with Crippen LogP contribution in [-0.4, -0.2) is 53.2 Å². The van der Waals surface area contributed by atoms with Gasteiger partial charge in [-0.15, -0.1) is 0 Å². The fourth-order valence-corrected chi connectivity index (χ4v) is 5.05. The minimum Gasteiger partial charge on any atom is -0.497 e. The molecular weight excluding hydrogens is 454 g/mol. The zero-order chi connectivity index (χ0) is 25.1. The number of nitrogens with zero attached hydrogens (tertiary/aromatic N) is 5. The van der Waals surface area contributed by atoms with E-state index < -0.39 is 0 Å². The van der Waals surface area contributed by atoms with Crippen LogP contribution in [-0.2, 0) is 11.8 Å². The van der Waals surface area contributed by atoms with Gasteiger partial charge in [-0.05, 0) is 31.0 Å². The summed E-state index contributed by atoms with van der Waals surface area (Å²) in [6, 6.07) is 12.2. The van der Waals surface area contributed by atoms with Crippen molar-refractivity contribution >= 4 is 22.4 Å². The number of anilines is 2. The summed E-state index contributed by atoms with van der Waals surface area (Å²) in [6.45, 7) is 0.709. The van der Waals surface area contributed by atoms with Crippen LogP contribution in [0.15, 0.2) is 55.0 Å². The molecule has 0 atom stereocenters. The molecular formula is C28H33N5O3. The Kier molecular flexibility index (Phi) is 6.78. The van der Waals surface area contributed by atoms with Gasteiger partial charge in [0.25, 0.3) is 0 Å². The fraction of sp³-hybridized carbons (Fsp3) is 0.393. The Morgan fingerprint density at radius 1 is 0.889 bits per heavy atom. The molecule has 0 N–H and O–H groups in total. The van der Waals surface area contributed by atoms with Gasteiger partial charge in [0.05, 0.1) is 55.5 Å². The first-order valence-corrected chi connectivity index (χ1v) is 12.3. The average Bonchev–Trinajstić information content (AvgIpc) is 3.37. The molecule has 1 saturated carbocycles. The molecule has 0 aliphatic heterocycles. The maximum atomic E-state index is 6.19. The summed E-state index contributed by atoms with van der Waals surface area (Å²) in [4.78, 5) is 11.9. The SMILES string of the molecule is COc1cc(OC)cc(N(CC2(OC)CCCCC2)c2ccc3ncc(-c4cnn(C)c4)nc3c2)c1. The summed E-state index contributed by atoms with van der Waals surface area (Å²) in [5, 5.41) is 4.28. The summed E-state index contributed by atoms with van der Waals surface area (Å²) in [5.74, 6) is 1.48. The van der Waals surface area contributed by atoms with Crippen molar-refractivity contribution in [2.24, 2.45) is 7.05 Å². The van der Waals surface area contributed by atoms with Crippen molar-refractivity contribution in [1.82, 2.24) is 19.7 Å². The van der Waals surface area contributed by atoms with Crippen LogP contribution >= 0.6 is 0 Å². The molecule has 2 heterocycles. The first-order valence-electron chi connectivity index (χ1n) is 12.3. The highest BCUT2D eigenvalue weighted by molar-refractivity contribution is 5.82. The van der Waals surface area contributed by atoms with Crippen LogP contribution in [0.5, 0.6) is 11.5 Å². The van der Waals surface area contributed by atoms with Crippen molar-refractivity contribution in [3.05, 3.63) is 55.0 Å². The number of rotatable bonds is 8. The summed E-state index contributed by atoms with van der Waals surface area (Å²) >= 11 is 0. The molecule has 5 rings (SSSR count). The highest BCUT2D eigenvalue weighted by Crippen LogP contribution is 2.39. The van der Waals surface area contributed by atoms with E-state index in [1.165, 1.54) is 19.3 Å². The van der Waals surface area contributed by atoms with Crippen molar-refractivity contribution in [1.29, 1.82) is 0 Å². The lowest BCUT2D eigenvalue weighted by Gasteiger charge is -2.41. The zero-order valence-electron chi connectivity index (χ0n) is 21.4. The average molecular weight is 488 g/mol. The molecule has 0 spiro atoms. The topological polar surface area (TPSA) is 74.5 Å².